The molecule has 0 unspecified atom stereocenters. The summed E-state index contributed by atoms with van der Waals surface area (Å²) in [6.45, 7) is 0.711. The minimum atomic E-state index is 0.274. The molecule has 0 spiro atoms. The molecule has 0 radical (unpaired) electrons. The minimum absolute atomic E-state index is 0.274. The highest BCUT2D eigenvalue weighted by molar-refractivity contribution is 5.90. The fourth-order valence-electron chi connectivity index (χ4n) is 3.54. The van der Waals surface area contributed by atoms with Crippen LogP contribution in [0.4, 0.5) is 5.82 Å². The van der Waals surface area contributed by atoms with Crippen molar-refractivity contribution in [3.63, 3.8) is 0 Å². The van der Waals surface area contributed by atoms with Gasteiger partial charge in [0.1, 0.15) is 11.6 Å². The summed E-state index contributed by atoms with van der Waals surface area (Å²) in [5.74, 6) is 2.64. The maximum absolute atomic E-state index is 5.92. The van der Waals surface area contributed by atoms with Crippen LogP contribution in [-0.2, 0) is 6.54 Å². The molecule has 0 atom stereocenters. The summed E-state index contributed by atoms with van der Waals surface area (Å²) in [4.78, 5) is 11.6. The summed E-state index contributed by atoms with van der Waals surface area (Å²) in [5.41, 5.74) is 2.81. The number of aromatic nitrogens is 4. The summed E-state index contributed by atoms with van der Waals surface area (Å²) in [7, 11) is 3.64. The first-order valence-corrected chi connectivity index (χ1v) is 10.2. The van der Waals surface area contributed by atoms with Crippen molar-refractivity contribution in [1.82, 2.24) is 20.2 Å². The minimum Gasteiger partial charge on any atom is -0.497 e. The number of methoxy groups -OCH3 is 1. The van der Waals surface area contributed by atoms with E-state index in [0.29, 0.717) is 18.3 Å². The predicted molar refractivity (Wildman–Crippen MR) is 123 cm³/mol. The second-order valence-corrected chi connectivity index (χ2v) is 7.37. The van der Waals surface area contributed by atoms with Crippen LogP contribution in [0, 0.1) is 0 Å². The van der Waals surface area contributed by atoms with Crippen LogP contribution in [0.5, 0.6) is 5.75 Å². The van der Waals surface area contributed by atoms with Gasteiger partial charge >= 0.3 is 0 Å². The van der Waals surface area contributed by atoms with Crippen molar-refractivity contribution < 1.29 is 9.15 Å². The normalized spacial score (nSPS) is 10.9. The molecule has 0 amide bonds. The Morgan fingerprint density at radius 3 is 2.31 bits per heavy atom. The Hall–Kier alpha value is -4.26. The molecule has 3 aromatic carbocycles. The Morgan fingerprint density at radius 2 is 1.53 bits per heavy atom. The Kier molecular flexibility index (Phi) is 5.21. The zero-order valence-electron chi connectivity index (χ0n) is 17.8. The lowest BCUT2D eigenvalue weighted by Crippen LogP contribution is -2.18. The van der Waals surface area contributed by atoms with Crippen molar-refractivity contribution in [3.8, 4) is 28.9 Å². The topological polar surface area (TPSA) is 77.2 Å². The van der Waals surface area contributed by atoms with Crippen LogP contribution in [0.1, 0.15) is 5.56 Å². The van der Waals surface area contributed by atoms with Crippen molar-refractivity contribution >= 4 is 16.7 Å². The lowest BCUT2D eigenvalue weighted by molar-refractivity contribution is 0.415. The number of benzene rings is 3. The van der Waals surface area contributed by atoms with Gasteiger partial charge in [0.2, 0.25) is 11.7 Å². The largest absolute Gasteiger partial charge is 0.497 e. The number of rotatable bonds is 6. The van der Waals surface area contributed by atoms with Gasteiger partial charge in [-0.15, -0.1) is 10.2 Å². The molecule has 0 aliphatic carbocycles. The number of nitrogens with zero attached hydrogens (tertiary/aromatic N) is 5. The third-order valence-electron chi connectivity index (χ3n) is 5.16. The number of hydrogen-bond donors (Lipinski definition) is 0. The standard InChI is InChI=1S/C25H21N5O2/c1-30(16-17-8-4-3-5-9-17)23-20-10-6-7-11-21(20)26-22(27-23)25-29-28-24(32-25)18-12-14-19(31-2)15-13-18/h3-15H,16H2,1-2H3. The van der Waals surface area contributed by atoms with Gasteiger partial charge in [-0.25, -0.2) is 9.97 Å². The molecule has 0 saturated carbocycles. The van der Waals surface area contributed by atoms with Crippen molar-refractivity contribution in [3.05, 3.63) is 84.4 Å². The summed E-state index contributed by atoms with van der Waals surface area (Å²) in [5, 5.41) is 9.36. The smallest absolute Gasteiger partial charge is 0.286 e. The number of anilines is 1. The molecule has 32 heavy (non-hydrogen) atoms. The zero-order chi connectivity index (χ0) is 21.9. The maximum atomic E-state index is 5.92. The highest BCUT2D eigenvalue weighted by Crippen LogP contribution is 2.29. The molecule has 0 N–H and O–H groups in total. The molecule has 0 saturated heterocycles. The third kappa shape index (κ3) is 3.88. The molecular formula is C25H21N5O2. The number of fused-ring (bicyclic) bond motifs is 1. The second-order valence-electron chi connectivity index (χ2n) is 7.37. The van der Waals surface area contributed by atoms with Crippen molar-refractivity contribution in [2.24, 2.45) is 0 Å². The van der Waals surface area contributed by atoms with Crippen molar-refractivity contribution in [2.75, 3.05) is 19.1 Å². The molecule has 0 bridgehead atoms. The molecule has 0 aliphatic rings. The first kappa shape index (κ1) is 19.7. The van der Waals surface area contributed by atoms with Gasteiger partial charge in [-0.05, 0) is 42.0 Å². The average molecular weight is 423 g/mol. The summed E-state index contributed by atoms with van der Waals surface area (Å²) >= 11 is 0. The number of hydrogen-bond acceptors (Lipinski definition) is 7. The van der Waals surface area contributed by atoms with Crippen LogP contribution < -0.4 is 9.64 Å². The van der Waals surface area contributed by atoms with E-state index in [9.17, 15) is 0 Å². The highest BCUT2D eigenvalue weighted by atomic mass is 16.5. The van der Waals surface area contributed by atoms with E-state index in [4.69, 9.17) is 14.1 Å². The van der Waals surface area contributed by atoms with Crippen LogP contribution in [0.2, 0.25) is 0 Å². The monoisotopic (exact) mass is 423 g/mol. The van der Waals surface area contributed by atoms with Gasteiger partial charge in [0.25, 0.3) is 5.89 Å². The van der Waals surface area contributed by atoms with Gasteiger partial charge in [0, 0.05) is 24.5 Å². The molecule has 158 valence electrons. The fraction of sp³-hybridized carbons (Fsp3) is 0.120. The van der Waals surface area contributed by atoms with Crippen LogP contribution in [0.3, 0.4) is 0 Å². The first-order valence-electron chi connectivity index (χ1n) is 10.2. The number of ether oxygens (including phenoxy) is 1. The molecule has 0 aliphatic heterocycles. The van der Waals surface area contributed by atoms with Gasteiger partial charge in [0.15, 0.2) is 0 Å². The van der Waals surface area contributed by atoms with E-state index < -0.39 is 0 Å². The number of para-hydroxylation sites is 1. The molecular weight excluding hydrogens is 402 g/mol. The Balaban J connectivity index is 1.53. The first-order chi connectivity index (χ1) is 15.7. The van der Waals surface area contributed by atoms with E-state index in [1.54, 1.807) is 7.11 Å². The fourth-order valence-corrected chi connectivity index (χ4v) is 3.54. The average Bonchev–Trinajstić information content (AvgIpc) is 3.34. The van der Waals surface area contributed by atoms with Gasteiger partial charge in [-0.1, -0.05) is 42.5 Å². The molecule has 5 aromatic rings. The van der Waals surface area contributed by atoms with Gasteiger partial charge in [-0.2, -0.15) is 0 Å². The maximum Gasteiger partial charge on any atom is 0.286 e. The summed E-state index contributed by atoms with van der Waals surface area (Å²) < 4.78 is 11.1. The Morgan fingerprint density at radius 1 is 0.812 bits per heavy atom. The molecule has 2 heterocycles. The summed E-state index contributed by atoms with van der Waals surface area (Å²) in [6, 6.07) is 25.6. The van der Waals surface area contributed by atoms with E-state index in [0.717, 1.165) is 28.0 Å². The van der Waals surface area contributed by atoms with Crippen LogP contribution in [-0.4, -0.2) is 34.3 Å². The van der Waals surface area contributed by atoms with Crippen LogP contribution in [0.15, 0.2) is 83.3 Å². The Bertz CT molecular complexity index is 1350. The predicted octanol–water partition coefficient (Wildman–Crippen LogP) is 4.99. The summed E-state index contributed by atoms with van der Waals surface area (Å²) in [6.07, 6.45) is 0. The van der Waals surface area contributed by atoms with E-state index in [1.165, 1.54) is 5.56 Å². The van der Waals surface area contributed by atoms with Crippen LogP contribution in [0.25, 0.3) is 34.1 Å². The highest BCUT2D eigenvalue weighted by Gasteiger charge is 2.18. The van der Waals surface area contributed by atoms with E-state index in [-0.39, 0.29) is 5.89 Å². The molecule has 5 rings (SSSR count). The second kappa shape index (κ2) is 8.47. The van der Waals surface area contributed by atoms with E-state index in [2.05, 4.69) is 32.2 Å². The lowest BCUT2D eigenvalue weighted by atomic mass is 10.2. The third-order valence-corrected chi connectivity index (χ3v) is 5.16. The van der Waals surface area contributed by atoms with Gasteiger partial charge in [0.05, 0.1) is 12.6 Å². The Labute approximate surface area is 185 Å². The molecule has 2 aromatic heterocycles. The van der Waals surface area contributed by atoms with Crippen molar-refractivity contribution in [2.45, 2.75) is 6.54 Å². The quantitative estimate of drug-likeness (QED) is 0.381. The van der Waals surface area contributed by atoms with Gasteiger partial charge in [-0.3, -0.25) is 0 Å². The molecule has 0 fully saturated rings. The lowest BCUT2D eigenvalue weighted by Gasteiger charge is -2.20. The van der Waals surface area contributed by atoms with E-state index >= 15 is 0 Å². The molecule has 7 nitrogen and oxygen atoms in total. The SMILES string of the molecule is COc1ccc(-c2nnc(-c3nc(N(C)Cc4ccccc4)c4ccccc4n3)o2)cc1. The van der Waals surface area contributed by atoms with Crippen molar-refractivity contribution in [1.29, 1.82) is 0 Å². The zero-order valence-corrected chi connectivity index (χ0v) is 17.8. The van der Waals surface area contributed by atoms with E-state index in [1.807, 2.05) is 73.8 Å². The van der Waals surface area contributed by atoms with Crippen LogP contribution >= 0.6 is 0 Å². The van der Waals surface area contributed by atoms with Gasteiger partial charge < -0.3 is 14.1 Å². The molecule has 7 heteroatoms.